The molecule has 5 rings (SSSR count). The van der Waals surface area contributed by atoms with E-state index in [9.17, 15) is 10.2 Å². The van der Waals surface area contributed by atoms with Crippen LogP contribution in [0.25, 0.3) is 0 Å². The molecule has 3 aromatic rings. The Hall–Kier alpha value is -2.95. The van der Waals surface area contributed by atoms with Gasteiger partial charge in [-0.2, -0.15) is 4.98 Å². The second kappa shape index (κ2) is 13.6. The molecule has 2 fully saturated rings. The molecule has 37 heavy (non-hydrogen) atoms. The van der Waals surface area contributed by atoms with Crippen molar-refractivity contribution < 1.29 is 10.2 Å². The van der Waals surface area contributed by atoms with Crippen LogP contribution in [0.5, 0.6) is 0 Å². The first kappa shape index (κ1) is 27.1. The number of benzene rings is 1. The summed E-state index contributed by atoms with van der Waals surface area (Å²) in [6.07, 6.45) is 12.3. The number of nitrogens with two attached hydrogens (primary N) is 1. The highest BCUT2D eigenvalue weighted by atomic mass is 32.2. The van der Waals surface area contributed by atoms with Gasteiger partial charge in [-0.25, -0.2) is 15.0 Å². The van der Waals surface area contributed by atoms with Crippen molar-refractivity contribution >= 4 is 29.5 Å². The number of anilines is 3. The number of nitrogen functional groups attached to an aromatic ring is 1. The highest BCUT2D eigenvalue weighted by molar-refractivity contribution is 7.99. The zero-order valence-corrected chi connectivity index (χ0v) is 22.1. The van der Waals surface area contributed by atoms with Crippen LogP contribution in [0.3, 0.4) is 0 Å². The van der Waals surface area contributed by atoms with Gasteiger partial charge in [-0.3, -0.25) is 0 Å². The summed E-state index contributed by atoms with van der Waals surface area (Å²) in [5, 5.41) is 25.7. The number of rotatable bonds is 6. The predicted octanol–water partition coefficient (Wildman–Crippen LogP) is 4.43. The van der Waals surface area contributed by atoms with Crippen molar-refractivity contribution in [3.63, 3.8) is 0 Å². The molecular formula is C27H37N7O2S. The smallest absolute Gasteiger partial charge is 0.222 e. The van der Waals surface area contributed by atoms with E-state index in [0.29, 0.717) is 18.0 Å². The van der Waals surface area contributed by atoms with Crippen LogP contribution in [0.15, 0.2) is 58.7 Å². The minimum absolute atomic E-state index is 0.107. The van der Waals surface area contributed by atoms with E-state index in [1.54, 1.807) is 36.4 Å². The molecule has 6 N–H and O–H groups in total. The van der Waals surface area contributed by atoms with Crippen molar-refractivity contribution in [1.82, 2.24) is 19.9 Å². The highest BCUT2D eigenvalue weighted by Gasteiger charge is 2.21. The quantitative estimate of drug-likeness (QED) is 0.315. The largest absolute Gasteiger partial charge is 0.393 e. The Morgan fingerprint density at radius 2 is 1.38 bits per heavy atom. The van der Waals surface area contributed by atoms with Crippen LogP contribution < -0.4 is 16.4 Å². The van der Waals surface area contributed by atoms with Gasteiger partial charge < -0.3 is 26.6 Å². The lowest BCUT2D eigenvalue weighted by atomic mass is 9.93. The fraction of sp³-hybridized carbons (Fsp3) is 0.481. The summed E-state index contributed by atoms with van der Waals surface area (Å²) >= 11 is 1.63. The van der Waals surface area contributed by atoms with Gasteiger partial charge in [0.2, 0.25) is 11.9 Å². The maximum Gasteiger partial charge on any atom is 0.222 e. The summed E-state index contributed by atoms with van der Waals surface area (Å²) in [7, 11) is 0. The Balaban J connectivity index is 0.000000195. The number of nitrogens with one attached hydrogen (secondary N) is 2. The monoisotopic (exact) mass is 523 g/mol. The van der Waals surface area contributed by atoms with Crippen molar-refractivity contribution in [3.05, 3.63) is 54.5 Å². The lowest BCUT2D eigenvalue weighted by Gasteiger charge is -2.27. The third-order valence-corrected chi connectivity index (χ3v) is 7.68. The third kappa shape index (κ3) is 8.84. The standard InChI is InChI=1S/C17H22N4OS.C10H15N3O/c1-11-2-8-14(9-3-11)23-15-10-19-17(18)21-16(15)20-12-4-6-13(22)7-5-12;14-9-4-2-8(3-5-9)13-10-11-6-1-7-12-10/h2-3,8-10,12-13,22H,4-7H2,1H3,(H3,18,19,20,21);1,6-9,14H,2-5H2,(H,11,12,13). The van der Waals surface area contributed by atoms with Gasteiger partial charge in [-0.1, -0.05) is 29.5 Å². The molecule has 0 aliphatic heterocycles. The van der Waals surface area contributed by atoms with Crippen LogP contribution in [0.2, 0.25) is 0 Å². The Morgan fingerprint density at radius 1 is 0.811 bits per heavy atom. The lowest BCUT2D eigenvalue weighted by molar-refractivity contribution is 0.125. The number of nitrogens with zero attached hydrogens (tertiary/aromatic N) is 4. The van der Waals surface area contributed by atoms with Crippen LogP contribution in [0, 0.1) is 6.92 Å². The fourth-order valence-corrected chi connectivity index (χ4v) is 5.32. The number of aromatic nitrogens is 4. The Labute approximate surface area is 222 Å². The molecular weight excluding hydrogens is 486 g/mol. The number of aryl methyl sites for hydroxylation is 1. The second-order valence-corrected chi connectivity index (χ2v) is 10.8. The maximum absolute atomic E-state index is 9.63. The number of aliphatic hydroxyl groups excluding tert-OH is 2. The molecule has 2 aliphatic carbocycles. The third-order valence-electron chi connectivity index (χ3n) is 6.66. The summed E-state index contributed by atoms with van der Waals surface area (Å²) < 4.78 is 0. The zero-order valence-electron chi connectivity index (χ0n) is 21.3. The zero-order chi connectivity index (χ0) is 26.0. The number of hydrogen-bond acceptors (Lipinski definition) is 10. The molecule has 0 bridgehead atoms. The first-order valence-electron chi connectivity index (χ1n) is 13.0. The molecule has 0 saturated heterocycles. The molecule has 2 heterocycles. The number of aliphatic hydroxyl groups is 2. The van der Waals surface area contributed by atoms with E-state index in [1.165, 1.54) is 5.56 Å². The summed E-state index contributed by atoms with van der Waals surface area (Å²) in [6, 6.07) is 10.9. The van der Waals surface area contributed by atoms with Crippen molar-refractivity contribution in [1.29, 1.82) is 0 Å². The van der Waals surface area contributed by atoms with Crippen LogP contribution in [-0.2, 0) is 0 Å². The average molecular weight is 524 g/mol. The van der Waals surface area contributed by atoms with Gasteiger partial charge in [-0.15, -0.1) is 0 Å². The highest BCUT2D eigenvalue weighted by Crippen LogP contribution is 2.34. The molecule has 0 atom stereocenters. The topological polar surface area (TPSA) is 142 Å². The Kier molecular flexibility index (Phi) is 9.92. The van der Waals surface area contributed by atoms with Crippen LogP contribution in [-0.4, -0.2) is 54.4 Å². The van der Waals surface area contributed by atoms with E-state index in [-0.39, 0.29) is 18.2 Å². The summed E-state index contributed by atoms with van der Waals surface area (Å²) in [5.41, 5.74) is 6.99. The van der Waals surface area contributed by atoms with Crippen LogP contribution in [0.4, 0.5) is 17.7 Å². The van der Waals surface area contributed by atoms with Crippen molar-refractivity contribution in [3.8, 4) is 0 Å². The second-order valence-electron chi connectivity index (χ2n) is 9.73. The van der Waals surface area contributed by atoms with Gasteiger partial charge in [0.05, 0.1) is 17.1 Å². The van der Waals surface area contributed by atoms with E-state index in [2.05, 4.69) is 61.8 Å². The van der Waals surface area contributed by atoms with E-state index < -0.39 is 0 Å². The van der Waals surface area contributed by atoms with Crippen molar-refractivity contribution in [2.75, 3.05) is 16.4 Å². The first-order valence-corrected chi connectivity index (χ1v) is 13.8. The molecule has 0 amide bonds. The summed E-state index contributed by atoms with van der Waals surface area (Å²) in [5.74, 6) is 1.75. The molecule has 2 saturated carbocycles. The van der Waals surface area contributed by atoms with Gasteiger partial charge in [0, 0.05) is 35.6 Å². The molecule has 1 aromatic carbocycles. The van der Waals surface area contributed by atoms with E-state index >= 15 is 0 Å². The summed E-state index contributed by atoms with van der Waals surface area (Å²) in [4.78, 5) is 18.8. The van der Waals surface area contributed by atoms with Crippen LogP contribution in [0.1, 0.15) is 56.9 Å². The number of hydrogen-bond donors (Lipinski definition) is 5. The molecule has 10 heteroatoms. The van der Waals surface area contributed by atoms with Crippen molar-refractivity contribution in [2.45, 2.75) is 92.4 Å². The van der Waals surface area contributed by atoms with Crippen LogP contribution >= 0.6 is 11.8 Å². The molecule has 2 aliphatic rings. The Morgan fingerprint density at radius 3 is 1.97 bits per heavy atom. The normalized spacial score (nSPS) is 23.4. The van der Waals surface area contributed by atoms with E-state index in [1.807, 2.05) is 0 Å². The van der Waals surface area contributed by atoms with Crippen molar-refractivity contribution in [2.24, 2.45) is 0 Å². The van der Waals surface area contributed by atoms with Gasteiger partial charge in [0.15, 0.2) is 0 Å². The molecule has 0 spiro atoms. The molecule has 198 valence electrons. The minimum atomic E-state index is -0.162. The summed E-state index contributed by atoms with van der Waals surface area (Å²) in [6.45, 7) is 2.07. The van der Waals surface area contributed by atoms with E-state index in [0.717, 1.165) is 67.0 Å². The average Bonchev–Trinajstić information content (AvgIpc) is 2.91. The molecule has 9 nitrogen and oxygen atoms in total. The lowest BCUT2D eigenvalue weighted by Crippen LogP contribution is -2.28. The van der Waals surface area contributed by atoms with Gasteiger partial charge in [0.1, 0.15) is 5.82 Å². The van der Waals surface area contributed by atoms with Gasteiger partial charge >= 0.3 is 0 Å². The van der Waals surface area contributed by atoms with Gasteiger partial charge in [-0.05, 0) is 76.5 Å². The minimum Gasteiger partial charge on any atom is -0.393 e. The molecule has 2 aromatic heterocycles. The maximum atomic E-state index is 9.63. The Bertz CT molecular complexity index is 1090. The first-order chi connectivity index (χ1) is 17.9. The fourth-order valence-electron chi connectivity index (χ4n) is 4.49. The predicted molar refractivity (Wildman–Crippen MR) is 148 cm³/mol. The molecule has 0 unspecified atom stereocenters. The van der Waals surface area contributed by atoms with E-state index in [4.69, 9.17) is 5.73 Å². The molecule has 0 radical (unpaired) electrons. The van der Waals surface area contributed by atoms with Gasteiger partial charge in [0.25, 0.3) is 0 Å². The SMILES string of the molecule is Cc1ccc(Sc2cnc(N)nc2NC2CCC(O)CC2)cc1.OC1CCC(Nc2ncccn2)CC1.